The summed E-state index contributed by atoms with van der Waals surface area (Å²) >= 11 is 3.43. The summed E-state index contributed by atoms with van der Waals surface area (Å²) in [6, 6.07) is 10.6. The molecule has 0 atom stereocenters. The highest BCUT2D eigenvalue weighted by Gasteiger charge is 2.15. The van der Waals surface area contributed by atoms with Crippen molar-refractivity contribution < 1.29 is 13.6 Å². The third kappa shape index (κ3) is 2.61. The first-order valence-electron chi connectivity index (χ1n) is 6.28. The summed E-state index contributed by atoms with van der Waals surface area (Å²) in [5, 5.41) is 0.977. The molecular formula is C16H10BrF2NO. The summed E-state index contributed by atoms with van der Waals surface area (Å²) in [4.78, 5) is 12.2. The van der Waals surface area contributed by atoms with E-state index in [-0.39, 0.29) is 12.1 Å². The molecule has 21 heavy (non-hydrogen) atoms. The number of aromatic nitrogens is 1. The molecule has 0 aliphatic rings. The topological polar surface area (TPSA) is 22.0 Å². The van der Waals surface area contributed by atoms with Gasteiger partial charge in [-0.2, -0.15) is 0 Å². The molecule has 3 aromatic rings. The van der Waals surface area contributed by atoms with E-state index >= 15 is 0 Å². The molecule has 0 saturated carbocycles. The zero-order chi connectivity index (χ0) is 15.0. The fourth-order valence-electron chi connectivity index (χ4n) is 2.29. The average molecular weight is 350 g/mol. The fraction of sp³-hybridized carbons (Fsp3) is 0.0625. The Kier molecular flexibility index (Phi) is 3.59. The molecule has 0 radical (unpaired) electrons. The number of para-hydroxylation sites is 1. The van der Waals surface area contributed by atoms with Crippen LogP contribution in [0, 0.1) is 11.6 Å². The normalized spacial score (nSPS) is 11.0. The minimum Gasteiger partial charge on any atom is -0.338 e. The Morgan fingerprint density at radius 1 is 1.14 bits per heavy atom. The lowest BCUT2D eigenvalue weighted by Gasteiger charge is -2.06. The van der Waals surface area contributed by atoms with E-state index in [9.17, 15) is 13.6 Å². The first-order chi connectivity index (χ1) is 10.1. The largest absolute Gasteiger partial charge is 0.338 e. The predicted octanol–water partition coefficient (Wildman–Crippen LogP) is 4.56. The van der Waals surface area contributed by atoms with Crippen LogP contribution >= 0.6 is 15.9 Å². The Labute approximate surface area is 128 Å². The van der Waals surface area contributed by atoms with Crippen molar-refractivity contribution in [3.63, 3.8) is 0 Å². The van der Waals surface area contributed by atoms with Crippen molar-refractivity contribution in [2.75, 3.05) is 0 Å². The third-order valence-electron chi connectivity index (χ3n) is 3.29. The van der Waals surface area contributed by atoms with Crippen LogP contribution in [0.15, 0.2) is 53.1 Å². The van der Waals surface area contributed by atoms with Gasteiger partial charge in [0.1, 0.15) is 11.6 Å². The quantitative estimate of drug-likeness (QED) is 0.635. The van der Waals surface area contributed by atoms with Crippen LogP contribution in [0.3, 0.4) is 0 Å². The fourth-order valence-corrected chi connectivity index (χ4v) is 2.87. The second-order valence-corrected chi connectivity index (χ2v) is 5.52. The van der Waals surface area contributed by atoms with Gasteiger partial charge in [-0.05, 0) is 34.1 Å². The van der Waals surface area contributed by atoms with E-state index in [1.807, 2.05) is 24.3 Å². The highest BCUT2D eigenvalue weighted by molar-refractivity contribution is 9.10. The number of Topliss-reactive ketones (excluding diaryl/α,β-unsaturated/α-hetero) is 1. The van der Waals surface area contributed by atoms with Crippen LogP contribution in [0.2, 0.25) is 0 Å². The number of hydrogen-bond acceptors (Lipinski definition) is 1. The van der Waals surface area contributed by atoms with Crippen molar-refractivity contribution in [1.82, 2.24) is 4.57 Å². The predicted molar refractivity (Wildman–Crippen MR) is 80.3 cm³/mol. The van der Waals surface area contributed by atoms with Crippen molar-refractivity contribution in [2.24, 2.45) is 0 Å². The van der Waals surface area contributed by atoms with Gasteiger partial charge in [0.2, 0.25) is 0 Å². The molecule has 0 amide bonds. The lowest BCUT2D eigenvalue weighted by molar-refractivity contribution is 0.0969. The molecule has 1 heterocycles. The average Bonchev–Trinajstić information content (AvgIpc) is 2.76. The SMILES string of the molecule is O=C(Cn1cc(Br)c2ccccc21)c1ccc(F)cc1F. The molecule has 0 spiro atoms. The van der Waals surface area contributed by atoms with Crippen LogP contribution in [0.5, 0.6) is 0 Å². The number of halogens is 3. The smallest absolute Gasteiger partial charge is 0.185 e. The highest BCUT2D eigenvalue weighted by atomic mass is 79.9. The van der Waals surface area contributed by atoms with Crippen LogP contribution in [-0.4, -0.2) is 10.4 Å². The van der Waals surface area contributed by atoms with E-state index < -0.39 is 17.4 Å². The van der Waals surface area contributed by atoms with E-state index in [1.165, 1.54) is 6.07 Å². The Balaban J connectivity index is 1.97. The van der Waals surface area contributed by atoms with Gasteiger partial charge >= 0.3 is 0 Å². The number of carbonyl (C=O) groups is 1. The lowest BCUT2D eigenvalue weighted by atomic mass is 10.1. The molecular weight excluding hydrogens is 340 g/mol. The second kappa shape index (κ2) is 5.41. The standard InChI is InChI=1S/C16H10BrF2NO/c17-13-8-20(15-4-2-1-3-11(13)15)9-16(21)12-6-5-10(18)7-14(12)19/h1-8H,9H2. The van der Waals surface area contributed by atoms with Crippen LogP contribution in [0.25, 0.3) is 10.9 Å². The molecule has 0 N–H and O–H groups in total. The summed E-state index contributed by atoms with van der Waals surface area (Å²) in [6.45, 7) is -0.00529. The van der Waals surface area contributed by atoms with Gasteiger partial charge in [-0.15, -0.1) is 0 Å². The first kappa shape index (κ1) is 13.9. The first-order valence-corrected chi connectivity index (χ1v) is 7.07. The minimum absolute atomic E-state index is 0.00529. The van der Waals surface area contributed by atoms with Crippen molar-refractivity contribution in [1.29, 1.82) is 0 Å². The maximum atomic E-state index is 13.6. The molecule has 106 valence electrons. The zero-order valence-electron chi connectivity index (χ0n) is 10.8. The van der Waals surface area contributed by atoms with Crippen LogP contribution in [-0.2, 0) is 6.54 Å². The Morgan fingerprint density at radius 2 is 1.90 bits per heavy atom. The van der Waals surface area contributed by atoms with Gasteiger partial charge in [0.05, 0.1) is 12.1 Å². The van der Waals surface area contributed by atoms with Crippen LogP contribution < -0.4 is 0 Å². The number of benzene rings is 2. The Hall–Kier alpha value is -2.01. The number of ketones is 1. The maximum Gasteiger partial charge on any atom is 0.185 e. The van der Waals surface area contributed by atoms with E-state index in [0.29, 0.717) is 0 Å². The lowest BCUT2D eigenvalue weighted by Crippen LogP contribution is -2.11. The maximum absolute atomic E-state index is 13.6. The molecule has 3 rings (SSSR count). The number of rotatable bonds is 3. The van der Waals surface area contributed by atoms with Gasteiger partial charge in [-0.3, -0.25) is 4.79 Å². The highest BCUT2D eigenvalue weighted by Crippen LogP contribution is 2.26. The summed E-state index contributed by atoms with van der Waals surface area (Å²) in [5.74, 6) is -1.94. The Bertz CT molecular complexity index is 841. The number of nitrogens with zero attached hydrogens (tertiary/aromatic N) is 1. The van der Waals surface area contributed by atoms with Gasteiger partial charge in [0.15, 0.2) is 5.78 Å². The molecule has 5 heteroatoms. The van der Waals surface area contributed by atoms with Gasteiger partial charge in [0.25, 0.3) is 0 Å². The zero-order valence-corrected chi connectivity index (χ0v) is 12.4. The monoisotopic (exact) mass is 349 g/mol. The number of carbonyl (C=O) groups excluding carboxylic acids is 1. The minimum atomic E-state index is -0.837. The molecule has 2 aromatic carbocycles. The van der Waals surface area contributed by atoms with Crippen molar-refractivity contribution >= 4 is 32.6 Å². The molecule has 0 fully saturated rings. The number of hydrogen-bond donors (Lipinski definition) is 0. The van der Waals surface area contributed by atoms with E-state index in [1.54, 1.807) is 10.8 Å². The molecule has 0 unspecified atom stereocenters. The van der Waals surface area contributed by atoms with E-state index in [0.717, 1.165) is 27.5 Å². The van der Waals surface area contributed by atoms with Gasteiger partial charge in [-0.25, -0.2) is 8.78 Å². The Morgan fingerprint density at radius 3 is 2.67 bits per heavy atom. The molecule has 0 aliphatic carbocycles. The molecule has 0 aliphatic heterocycles. The van der Waals surface area contributed by atoms with Crippen molar-refractivity contribution in [3.05, 3.63) is 70.3 Å². The van der Waals surface area contributed by atoms with Gasteiger partial charge in [-0.1, -0.05) is 18.2 Å². The summed E-state index contributed by atoms with van der Waals surface area (Å²) < 4.78 is 29.1. The molecule has 0 saturated heterocycles. The van der Waals surface area contributed by atoms with E-state index in [4.69, 9.17) is 0 Å². The van der Waals surface area contributed by atoms with Gasteiger partial charge < -0.3 is 4.57 Å². The van der Waals surface area contributed by atoms with E-state index in [2.05, 4.69) is 15.9 Å². The molecule has 0 bridgehead atoms. The summed E-state index contributed by atoms with van der Waals surface area (Å²) in [7, 11) is 0. The second-order valence-electron chi connectivity index (χ2n) is 4.67. The number of fused-ring (bicyclic) bond motifs is 1. The molecule has 2 nitrogen and oxygen atoms in total. The van der Waals surface area contributed by atoms with Gasteiger partial charge in [0, 0.05) is 27.6 Å². The van der Waals surface area contributed by atoms with Crippen molar-refractivity contribution in [3.8, 4) is 0 Å². The van der Waals surface area contributed by atoms with Crippen LogP contribution in [0.1, 0.15) is 10.4 Å². The third-order valence-corrected chi connectivity index (χ3v) is 3.92. The van der Waals surface area contributed by atoms with Crippen LogP contribution in [0.4, 0.5) is 8.78 Å². The summed E-state index contributed by atoms with van der Waals surface area (Å²) in [6.07, 6.45) is 1.78. The van der Waals surface area contributed by atoms with Crippen molar-refractivity contribution in [2.45, 2.75) is 6.54 Å². The summed E-state index contributed by atoms with van der Waals surface area (Å²) in [5.41, 5.74) is 0.769. The molecule has 1 aromatic heterocycles.